The Morgan fingerprint density at radius 1 is 1.56 bits per heavy atom. The van der Waals surface area contributed by atoms with Gasteiger partial charge in [-0.25, -0.2) is 0 Å². The van der Waals surface area contributed by atoms with Gasteiger partial charge in [-0.1, -0.05) is 23.4 Å². The standard InChI is InChI=1S/C12H12ClNO2/c1-2-14-12(16)10-6-5-9(4-3-7-15)11(13)8-10/h5-6,8,15H,2,7H2,1H3,(H,14,16). The maximum absolute atomic E-state index is 11.5. The Bertz CT molecular complexity index is 446. The monoisotopic (exact) mass is 237 g/mol. The summed E-state index contributed by atoms with van der Waals surface area (Å²) in [4.78, 5) is 11.5. The molecule has 84 valence electrons. The summed E-state index contributed by atoms with van der Waals surface area (Å²) in [6.45, 7) is 2.21. The van der Waals surface area contributed by atoms with Gasteiger partial charge < -0.3 is 10.4 Å². The number of aliphatic hydroxyl groups excluding tert-OH is 1. The van der Waals surface area contributed by atoms with Gasteiger partial charge in [-0.05, 0) is 25.1 Å². The summed E-state index contributed by atoms with van der Waals surface area (Å²) in [6, 6.07) is 4.88. The predicted octanol–water partition coefficient (Wildman–Crippen LogP) is 1.43. The lowest BCUT2D eigenvalue weighted by molar-refractivity contribution is 0.0956. The highest BCUT2D eigenvalue weighted by Gasteiger charge is 2.06. The number of benzene rings is 1. The van der Waals surface area contributed by atoms with Crippen LogP contribution in [-0.4, -0.2) is 24.2 Å². The zero-order valence-electron chi connectivity index (χ0n) is 8.88. The van der Waals surface area contributed by atoms with E-state index in [0.29, 0.717) is 22.7 Å². The molecule has 3 nitrogen and oxygen atoms in total. The minimum absolute atomic E-state index is 0.161. The second-order valence-corrected chi connectivity index (χ2v) is 3.42. The van der Waals surface area contributed by atoms with Crippen LogP contribution < -0.4 is 5.32 Å². The van der Waals surface area contributed by atoms with Crippen molar-refractivity contribution in [3.8, 4) is 11.8 Å². The van der Waals surface area contributed by atoms with Crippen molar-refractivity contribution in [1.29, 1.82) is 0 Å². The summed E-state index contributed by atoms with van der Waals surface area (Å²) >= 11 is 5.95. The molecule has 1 aromatic carbocycles. The predicted molar refractivity (Wildman–Crippen MR) is 63.4 cm³/mol. The van der Waals surface area contributed by atoms with Gasteiger partial charge in [-0.2, -0.15) is 0 Å². The van der Waals surface area contributed by atoms with Gasteiger partial charge in [-0.15, -0.1) is 0 Å². The zero-order valence-corrected chi connectivity index (χ0v) is 9.64. The SMILES string of the molecule is CCNC(=O)c1ccc(C#CCO)c(Cl)c1. The number of halogens is 1. The minimum Gasteiger partial charge on any atom is -0.384 e. The Hall–Kier alpha value is -1.50. The fourth-order valence-electron chi connectivity index (χ4n) is 1.16. The third-order valence-corrected chi connectivity index (χ3v) is 2.18. The van der Waals surface area contributed by atoms with Crippen LogP contribution in [0.25, 0.3) is 0 Å². The normalized spacial score (nSPS) is 9.19. The van der Waals surface area contributed by atoms with Crippen molar-refractivity contribution in [3.05, 3.63) is 34.3 Å². The third-order valence-electron chi connectivity index (χ3n) is 1.87. The van der Waals surface area contributed by atoms with E-state index in [4.69, 9.17) is 16.7 Å². The summed E-state index contributed by atoms with van der Waals surface area (Å²) in [5, 5.41) is 11.6. The van der Waals surface area contributed by atoms with E-state index >= 15 is 0 Å². The van der Waals surface area contributed by atoms with Crippen LogP contribution in [0.4, 0.5) is 0 Å². The summed E-state index contributed by atoms with van der Waals surface area (Å²) in [5.41, 5.74) is 1.10. The molecule has 0 unspecified atom stereocenters. The van der Waals surface area contributed by atoms with Gasteiger partial charge in [0.2, 0.25) is 0 Å². The van der Waals surface area contributed by atoms with E-state index in [2.05, 4.69) is 17.2 Å². The summed E-state index contributed by atoms with van der Waals surface area (Å²) in [5.74, 6) is 5.04. The molecule has 16 heavy (non-hydrogen) atoms. The topological polar surface area (TPSA) is 49.3 Å². The maximum Gasteiger partial charge on any atom is 0.251 e. The second kappa shape index (κ2) is 6.16. The number of rotatable bonds is 2. The largest absolute Gasteiger partial charge is 0.384 e. The lowest BCUT2D eigenvalue weighted by Gasteiger charge is -2.03. The fourth-order valence-corrected chi connectivity index (χ4v) is 1.38. The zero-order chi connectivity index (χ0) is 12.0. The Morgan fingerprint density at radius 2 is 2.31 bits per heavy atom. The molecular formula is C12H12ClNO2. The van der Waals surface area contributed by atoms with Crippen molar-refractivity contribution in [3.63, 3.8) is 0 Å². The highest BCUT2D eigenvalue weighted by atomic mass is 35.5. The van der Waals surface area contributed by atoms with E-state index in [1.807, 2.05) is 6.92 Å². The number of hydrogen-bond donors (Lipinski definition) is 2. The number of aliphatic hydroxyl groups is 1. The quantitative estimate of drug-likeness (QED) is 0.765. The van der Waals surface area contributed by atoms with Crippen LogP contribution in [-0.2, 0) is 0 Å². The summed E-state index contributed by atoms with van der Waals surface area (Å²) < 4.78 is 0. The number of nitrogens with one attached hydrogen (secondary N) is 1. The second-order valence-electron chi connectivity index (χ2n) is 3.01. The molecule has 0 saturated carbocycles. The van der Waals surface area contributed by atoms with Crippen LogP contribution in [0.3, 0.4) is 0 Å². The average molecular weight is 238 g/mol. The van der Waals surface area contributed by atoms with Gasteiger partial charge in [0.25, 0.3) is 5.91 Å². The van der Waals surface area contributed by atoms with Crippen LogP contribution in [0.2, 0.25) is 5.02 Å². The van der Waals surface area contributed by atoms with Crippen molar-refractivity contribution >= 4 is 17.5 Å². The van der Waals surface area contributed by atoms with Gasteiger partial charge in [0, 0.05) is 17.7 Å². The molecular weight excluding hydrogens is 226 g/mol. The molecule has 1 rings (SSSR count). The molecule has 0 aliphatic carbocycles. The van der Waals surface area contributed by atoms with Gasteiger partial charge >= 0.3 is 0 Å². The van der Waals surface area contributed by atoms with Crippen molar-refractivity contribution in [2.24, 2.45) is 0 Å². The molecule has 0 saturated heterocycles. The average Bonchev–Trinajstić information content (AvgIpc) is 2.27. The first kappa shape index (κ1) is 12.6. The lowest BCUT2D eigenvalue weighted by atomic mass is 10.1. The van der Waals surface area contributed by atoms with E-state index in [1.165, 1.54) is 0 Å². The first-order valence-corrected chi connectivity index (χ1v) is 5.24. The third kappa shape index (κ3) is 3.27. The van der Waals surface area contributed by atoms with Crippen molar-refractivity contribution in [2.75, 3.05) is 13.2 Å². The first-order chi connectivity index (χ1) is 7.69. The molecule has 1 aromatic rings. The molecule has 0 bridgehead atoms. The van der Waals surface area contributed by atoms with Crippen LogP contribution in [0.1, 0.15) is 22.8 Å². The van der Waals surface area contributed by atoms with E-state index < -0.39 is 0 Å². The number of carbonyl (C=O) groups is 1. The van der Waals surface area contributed by atoms with Gasteiger partial charge in [0.15, 0.2) is 0 Å². The number of amides is 1. The molecule has 0 aliphatic rings. The van der Waals surface area contributed by atoms with Crippen LogP contribution >= 0.6 is 11.6 Å². The molecule has 0 aliphatic heterocycles. The number of carbonyl (C=O) groups excluding carboxylic acids is 1. The molecule has 0 spiro atoms. The maximum atomic E-state index is 11.5. The number of hydrogen-bond acceptors (Lipinski definition) is 2. The van der Waals surface area contributed by atoms with E-state index in [0.717, 1.165) is 0 Å². The Balaban J connectivity index is 2.95. The van der Waals surface area contributed by atoms with E-state index in [9.17, 15) is 4.79 Å². The van der Waals surface area contributed by atoms with Crippen molar-refractivity contribution in [2.45, 2.75) is 6.92 Å². The van der Waals surface area contributed by atoms with Crippen molar-refractivity contribution in [1.82, 2.24) is 5.32 Å². The molecule has 0 aromatic heterocycles. The van der Waals surface area contributed by atoms with Crippen LogP contribution in [0.15, 0.2) is 18.2 Å². The molecule has 4 heteroatoms. The molecule has 0 heterocycles. The lowest BCUT2D eigenvalue weighted by Crippen LogP contribution is -2.22. The van der Waals surface area contributed by atoms with Gasteiger partial charge in [0.05, 0.1) is 5.02 Å². The highest BCUT2D eigenvalue weighted by Crippen LogP contribution is 2.16. The smallest absolute Gasteiger partial charge is 0.251 e. The van der Waals surface area contributed by atoms with E-state index in [-0.39, 0.29) is 12.5 Å². The summed E-state index contributed by atoms with van der Waals surface area (Å²) in [7, 11) is 0. The molecule has 0 fully saturated rings. The van der Waals surface area contributed by atoms with Crippen LogP contribution in [0.5, 0.6) is 0 Å². The van der Waals surface area contributed by atoms with Gasteiger partial charge in [-0.3, -0.25) is 4.79 Å². The fraction of sp³-hybridized carbons (Fsp3) is 0.250. The minimum atomic E-state index is -0.214. The molecule has 2 N–H and O–H groups in total. The van der Waals surface area contributed by atoms with Crippen LogP contribution in [0, 0.1) is 11.8 Å². The van der Waals surface area contributed by atoms with Gasteiger partial charge in [0.1, 0.15) is 6.61 Å². The molecule has 0 radical (unpaired) electrons. The van der Waals surface area contributed by atoms with E-state index in [1.54, 1.807) is 18.2 Å². The Morgan fingerprint density at radius 3 is 2.88 bits per heavy atom. The molecule has 1 amide bonds. The Kier molecular flexibility index (Phi) is 4.84. The first-order valence-electron chi connectivity index (χ1n) is 4.86. The Labute approximate surface area is 99.4 Å². The highest BCUT2D eigenvalue weighted by molar-refractivity contribution is 6.32. The van der Waals surface area contributed by atoms with Crippen molar-refractivity contribution < 1.29 is 9.90 Å². The molecule has 0 atom stereocenters. The summed E-state index contributed by atoms with van der Waals surface area (Å²) in [6.07, 6.45) is 0.